The number of aliphatic hydroxyl groups is 1. The van der Waals surface area contributed by atoms with Crippen molar-refractivity contribution in [1.29, 1.82) is 0 Å². The van der Waals surface area contributed by atoms with Crippen LogP contribution in [0.25, 0.3) is 5.52 Å². The van der Waals surface area contributed by atoms with Crippen LogP contribution in [0.15, 0.2) is 42.7 Å². The minimum atomic E-state index is -0.0865. The van der Waals surface area contributed by atoms with Crippen LogP contribution in [0.4, 0.5) is 5.82 Å². The van der Waals surface area contributed by atoms with E-state index in [9.17, 15) is 5.11 Å². The Labute approximate surface area is 129 Å². The van der Waals surface area contributed by atoms with E-state index in [1.165, 1.54) is 11.1 Å². The van der Waals surface area contributed by atoms with Gasteiger partial charge < -0.3 is 10.4 Å². The van der Waals surface area contributed by atoms with Gasteiger partial charge in [-0.05, 0) is 31.9 Å². The first-order valence-corrected chi connectivity index (χ1v) is 7.39. The molecule has 3 rings (SSSR count). The van der Waals surface area contributed by atoms with Crippen LogP contribution >= 0.6 is 0 Å². The van der Waals surface area contributed by atoms with Gasteiger partial charge in [0.15, 0.2) is 5.82 Å². The second kappa shape index (κ2) is 6.15. The Morgan fingerprint density at radius 3 is 2.73 bits per heavy atom. The molecular weight excluding hydrogens is 276 g/mol. The van der Waals surface area contributed by atoms with E-state index in [1.54, 1.807) is 10.7 Å². The number of rotatable bonds is 5. The first-order chi connectivity index (χ1) is 10.7. The smallest absolute Gasteiger partial charge is 0.152 e. The fourth-order valence-corrected chi connectivity index (χ4v) is 2.52. The topological polar surface area (TPSA) is 62.5 Å². The largest absolute Gasteiger partial charge is 0.394 e. The molecule has 0 radical (unpaired) electrons. The van der Waals surface area contributed by atoms with Crippen LogP contribution in [0.2, 0.25) is 0 Å². The number of nitrogens with zero attached hydrogens (tertiary/aromatic N) is 3. The van der Waals surface area contributed by atoms with Crippen LogP contribution < -0.4 is 5.32 Å². The summed E-state index contributed by atoms with van der Waals surface area (Å²) in [4.78, 5) is 4.38. The van der Waals surface area contributed by atoms with Crippen LogP contribution in [0.5, 0.6) is 0 Å². The van der Waals surface area contributed by atoms with E-state index in [2.05, 4.69) is 46.6 Å². The molecule has 22 heavy (non-hydrogen) atoms. The number of aliphatic hydroxyl groups excluding tert-OH is 1. The van der Waals surface area contributed by atoms with E-state index >= 15 is 0 Å². The summed E-state index contributed by atoms with van der Waals surface area (Å²) in [5, 5.41) is 17.4. The normalized spacial score (nSPS) is 12.5. The second-order valence-electron chi connectivity index (χ2n) is 5.60. The van der Waals surface area contributed by atoms with Gasteiger partial charge in [0.05, 0.1) is 18.3 Å². The molecule has 0 fully saturated rings. The van der Waals surface area contributed by atoms with Crippen LogP contribution in [0, 0.1) is 13.8 Å². The van der Waals surface area contributed by atoms with Crippen molar-refractivity contribution in [3.05, 3.63) is 59.5 Å². The summed E-state index contributed by atoms with van der Waals surface area (Å²) in [7, 11) is 0. The summed E-state index contributed by atoms with van der Waals surface area (Å²) >= 11 is 0. The number of hydrogen-bond acceptors (Lipinski definition) is 4. The summed E-state index contributed by atoms with van der Waals surface area (Å²) in [5.74, 6) is 0.745. The highest BCUT2D eigenvalue weighted by atomic mass is 16.3. The number of benzene rings is 1. The molecule has 2 heterocycles. The van der Waals surface area contributed by atoms with Gasteiger partial charge in [-0.3, -0.25) is 0 Å². The quantitative estimate of drug-likeness (QED) is 0.759. The third kappa shape index (κ3) is 3.09. The number of anilines is 1. The summed E-state index contributed by atoms with van der Waals surface area (Å²) in [5.41, 5.74) is 4.28. The van der Waals surface area contributed by atoms with Crippen molar-refractivity contribution in [1.82, 2.24) is 14.6 Å². The first-order valence-electron chi connectivity index (χ1n) is 7.39. The minimum Gasteiger partial charge on any atom is -0.394 e. The summed E-state index contributed by atoms with van der Waals surface area (Å²) < 4.78 is 1.80. The minimum absolute atomic E-state index is 0.0454. The highest BCUT2D eigenvalue weighted by Crippen LogP contribution is 2.17. The van der Waals surface area contributed by atoms with Crippen LogP contribution in [-0.2, 0) is 6.42 Å². The number of hydrogen-bond donors (Lipinski definition) is 2. The van der Waals surface area contributed by atoms with Crippen molar-refractivity contribution in [3.8, 4) is 0 Å². The van der Waals surface area contributed by atoms with Gasteiger partial charge in [-0.15, -0.1) is 0 Å². The van der Waals surface area contributed by atoms with E-state index in [1.807, 2.05) is 19.2 Å². The molecule has 1 aromatic carbocycles. The van der Waals surface area contributed by atoms with Crippen molar-refractivity contribution >= 4 is 11.3 Å². The third-order valence-electron chi connectivity index (χ3n) is 3.68. The molecule has 0 bridgehead atoms. The molecule has 0 saturated carbocycles. The number of fused-ring (bicyclic) bond motifs is 1. The predicted molar refractivity (Wildman–Crippen MR) is 87.1 cm³/mol. The van der Waals surface area contributed by atoms with Gasteiger partial charge in [-0.2, -0.15) is 5.10 Å². The Morgan fingerprint density at radius 2 is 2.00 bits per heavy atom. The third-order valence-corrected chi connectivity index (χ3v) is 3.68. The Morgan fingerprint density at radius 1 is 1.23 bits per heavy atom. The first kappa shape index (κ1) is 14.5. The standard InChI is InChI=1S/C17H20N4O/c1-12-3-5-14(6-4-12)10-15(11-22)19-17-16-9-13(2)20-21(16)8-7-18-17/h3-9,15,22H,10-11H2,1-2H3,(H,18,19). The molecule has 1 unspecified atom stereocenters. The Kier molecular flexibility index (Phi) is 4.06. The average Bonchev–Trinajstić information content (AvgIpc) is 2.90. The summed E-state index contributed by atoms with van der Waals surface area (Å²) in [6, 6.07) is 10.3. The van der Waals surface area contributed by atoms with Gasteiger partial charge in [0.2, 0.25) is 0 Å². The zero-order chi connectivity index (χ0) is 15.5. The van der Waals surface area contributed by atoms with Gasteiger partial charge in [0, 0.05) is 12.4 Å². The van der Waals surface area contributed by atoms with E-state index in [0.717, 1.165) is 23.4 Å². The molecule has 2 aromatic heterocycles. The van der Waals surface area contributed by atoms with E-state index in [4.69, 9.17) is 0 Å². The number of aryl methyl sites for hydroxylation is 2. The van der Waals surface area contributed by atoms with Crippen LogP contribution in [0.1, 0.15) is 16.8 Å². The maximum absolute atomic E-state index is 9.67. The van der Waals surface area contributed by atoms with Gasteiger partial charge in [0.25, 0.3) is 0 Å². The van der Waals surface area contributed by atoms with Crippen LogP contribution in [-0.4, -0.2) is 32.4 Å². The fourth-order valence-electron chi connectivity index (χ4n) is 2.52. The van der Waals surface area contributed by atoms with Gasteiger partial charge >= 0.3 is 0 Å². The molecule has 5 nitrogen and oxygen atoms in total. The molecule has 0 amide bonds. The molecule has 3 aromatic rings. The lowest BCUT2D eigenvalue weighted by molar-refractivity contribution is 0.273. The zero-order valence-electron chi connectivity index (χ0n) is 12.8. The van der Waals surface area contributed by atoms with Crippen molar-refractivity contribution in [2.45, 2.75) is 26.3 Å². The summed E-state index contributed by atoms with van der Waals surface area (Å²) in [6.45, 7) is 4.06. The highest BCUT2D eigenvalue weighted by molar-refractivity contribution is 5.68. The molecule has 5 heteroatoms. The Balaban J connectivity index is 1.80. The van der Waals surface area contributed by atoms with E-state index in [-0.39, 0.29) is 12.6 Å². The molecule has 114 valence electrons. The van der Waals surface area contributed by atoms with Gasteiger partial charge in [0.1, 0.15) is 5.52 Å². The monoisotopic (exact) mass is 296 g/mol. The van der Waals surface area contributed by atoms with Gasteiger partial charge in [-0.25, -0.2) is 9.50 Å². The molecule has 2 N–H and O–H groups in total. The lowest BCUT2D eigenvalue weighted by Crippen LogP contribution is -2.27. The van der Waals surface area contributed by atoms with Crippen molar-refractivity contribution in [2.75, 3.05) is 11.9 Å². The zero-order valence-corrected chi connectivity index (χ0v) is 12.8. The highest BCUT2D eigenvalue weighted by Gasteiger charge is 2.12. The SMILES string of the molecule is Cc1ccc(CC(CO)Nc2nccn3nc(C)cc23)cc1. The fraction of sp³-hybridized carbons (Fsp3) is 0.294. The Bertz CT molecular complexity index is 764. The molecule has 0 spiro atoms. The lowest BCUT2D eigenvalue weighted by Gasteiger charge is -2.17. The molecule has 1 atom stereocenters. The maximum Gasteiger partial charge on any atom is 0.152 e. The number of nitrogens with one attached hydrogen (secondary N) is 1. The maximum atomic E-state index is 9.67. The predicted octanol–water partition coefficient (Wildman–Crippen LogP) is 2.36. The van der Waals surface area contributed by atoms with Crippen molar-refractivity contribution < 1.29 is 5.11 Å². The molecule has 0 saturated heterocycles. The molecule has 0 aliphatic heterocycles. The lowest BCUT2D eigenvalue weighted by atomic mass is 10.0. The molecule has 0 aliphatic rings. The van der Waals surface area contributed by atoms with E-state index in [0.29, 0.717) is 0 Å². The van der Waals surface area contributed by atoms with Gasteiger partial charge in [-0.1, -0.05) is 29.8 Å². The molecular formula is C17H20N4O. The molecule has 0 aliphatic carbocycles. The summed E-state index contributed by atoms with van der Waals surface area (Å²) in [6.07, 6.45) is 4.27. The van der Waals surface area contributed by atoms with E-state index < -0.39 is 0 Å². The average molecular weight is 296 g/mol. The van der Waals surface area contributed by atoms with Crippen molar-refractivity contribution in [2.24, 2.45) is 0 Å². The second-order valence-corrected chi connectivity index (χ2v) is 5.60. The Hall–Kier alpha value is -2.40. The number of aromatic nitrogens is 3. The van der Waals surface area contributed by atoms with Crippen LogP contribution in [0.3, 0.4) is 0 Å². The van der Waals surface area contributed by atoms with Crippen molar-refractivity contribution in [3.63, 3.8) is 0 Å².